The number of methoxy groups -OCH3 is 1. The number of ether oxygens (including phenoxy) is 2. The number of hydrogen-bond acceptors (Lipinski definition) is 3. The first kappa shape index (κ1) is 18.3. The van der Waals surface area contributed by atoms with E-state index in [0.29, 0.717) is 22.4 Å². The maximum Gasteiger partial charge on any atom is 0.138 e. The molecule has 0 saturated heterocycles. The summed E-state index contributed by atoms with van der Waals surface area (Å²) in [5.74, 6) is 1.43. The van der Waals surface area contributed by atoms with Crippen molar-refractivity contribution in [1.82, 2.24) is 0 Å². The fourth-order valence-electron chi connectivity index (χ4n) is 2.27. The summed E-state index contributed by atoms with van der Waals surface area (Å²) in [6, 6.07) is 20.6. The third-order valence-electron chi connectivity index (χ3n) is 3.70. The van der Waals surface area contributed by atoms with E-state index in [0.717, 1.165) is 22.6 Å². The Hall–Kier alpha value is -2.49. The van der Waals surface area contributed by atoms with E-state index >= 15 is 0 Å². The highest BCUT2D eigenvalue weighted by molar-refractivity contribution is 6.32. The number of nitrogens with zero attached hydrogens (tertiary/aromatic N) is 1. The highest BCUT2D eigenvalue weighted by atomic mass is 35.5. The topological polar surface area (TPSA) is 30.8 Å². The Kier molecular flexibility index (Phi) is 6.16. The van der Waals surface area contributed by atoms with Gasteiger partial charge in [0.05, 0.1) is 17.8 Å². The number of halogens is 2. The van der Waals surface area contributed by atoms with E-state index in [2.05, 4.69) is 4.99 Å². The molecule has 0 atom stereocenters. The smallest absolute Gasteiger partial charge is 0.138 e. The van der Waals surface area contributed by atoms with Crippen LogP contribution in [0.15, 0.2) is 71.7 Å². The van der Waals surface area contributed by atoms with Crippen molar-refractivity contribution < 1.29 is 9.47 Å². The van der Waals surface area contributed by atoms with Crippen LogP contribution < -0.4 is 9.47 Å². The first-order valence-electron chi connectivity index (χ1n) is 7.99. The van der Waals surface area contributed by atoms with Gasteiger partial charge < -0.3 is 9.47 Å². The highest BCUT2D eigenvalue weighted by Gasteiger charge is 2.03. The molecule has 3 aromatic rings. The predicted octanol–water partition coefficient (Wildman–Crippen LogP) is 6.33. The predicted molar refractivity (Wildman–Crippen MR) is 107 cm³/mol. The van der Waals surface area contributed by atoms with Crippen molar-refractivity contribution in [2.45, 2.75) is 6.61 Å². The maximum atomic E-state index is 6.32. The zero-order chi connectivity index (χ0) is 18.4. The molecule has 3 aromatic carbocycles. The first-order valence-corrected chi connectivity index (χ1v) is 8.74. The van der Waals surface area contributed by atoms with Gasteiger partial charge in [0.2, 0.25) is 0 Å². The van der Waals surface area contributed by atoms with Gasteiger partial charge in [-0.25, -0.2) is 0 Å². The summed E-state index contributed by atoms with van der Waals surface area (Å²) in [6.07, 6.45) is 1.76. The molecule has 0 aliphatic heterocycles. The van der Waals surface area contributed by atoms with E-state index in [9.17, 15) is 0 Å². The average Bonchev–Trinajstić information content (AvgIpc) is 2.67. The molecule has 0 unspecified atom stereocenters. The van der Waals surface area contributed by atoms with Gasteiger partial charge >= 0.3 is 0 Å². The largest absolute Gasteiger partial charge is 0.497 e. The quantitative estimate of drug-likeness (QED) is 0.464. The molecule has 0 aliphatic rings. The van der Waals surface area contributed by atoms with Gasteiger partial charge in [-0.05, 0) is 65.7 Å². The fourth-order valence-corrected chi connectivity index (χ4v) is 2.64. The Bertz CT molecular complexity index is 891. The molecule has 0 aliphatic carbocycles. The van der Waals surface area contributed by atoms with Gasteiger partial charge in [0.25, 0.3) is 0 Å². The van der Waals surface area contributed by atoms with Crippen LogP contribution in [-0.2, 0) is 6.61 Å². The van der Waals surface area contributed by atoms with E-state index in [1.807, 2.05) is 66.7 Å². The van der Waals surface area contributed by atoms with E-state index in [1.54, 1.807) is 13.3 Å². The molecule has 0 spiro atoms. The van der Waals surface area contributed by atoms with E-state index < -0.39 is 0 Å². The maximum absolute atomic E-state index is 6.32. The van der Waals surface area contributed by atoms with Gasteiger partial charge in [-0.15, -0.1) is 0 Å². The molecule has 3 rings (SSSR count). The van der Waals surface area contributed by atoms with E-state index in [1.165, 1.54) is 0 Å². The van der Waals surface area contributed by atoms with Gasteiger partial charge in [0.1, 0.15) is 18.1 Å². The van der Waals surface area contributed by atoms with Crippen LogP contribution in [0.3, 0.4) is 0 Å². The number of hydrogen-bond donors (Lipinski definition) is 0. The summed E-state index contributed by atoms with van der Waals surface area (Å²) >= 11 is 12.2. The summed E-state index contributed by atoms with van der Waals surface area (Å²) < 4.78 is 10.9. The van der Waals surface area contributed by atoms with Gasteiger partial charge in [0, 0.05) is 11.2 Å². The Labute approximate surface area is 162 Å². The summed E-state index contributed by atoms with van der Waals surface area (Å²) in [6.45, 7) is 0.427. The van der Waals surface area contributed by atoms with Gasteiger partial charge in [-0.3, -0.25) is 4.99 Å². The molecule has 3 nitrogen and oxygen atoms in total. The number of rotatable bonds is 6. The summed E-state index contributed by atoms with van der Waals surface area (Å²) in [5, 5.41) is 1.24. The minimum atomic E-state index is 0.427. The SMILES string of the molecule is COc1ccc(N=Cc2ccc(OCc3ccc(Cl)cc3)c(Cl)c2)cc1. The summed E-state index contributed by atoms with van der Waals surface area (Å²) in [4.78, 5) is 4.43. The van der Waals surface area contributed by atoms with Crippen LogP contribution in [0.25, 0.3) is 0 Å². The molecule has 0 saturated carbocycles. The van der Waals surface area contributed by atoms with Crippen molar-refractivity contribution in [2.24, 2.45) is 4.99 Å². The monoisotopic (exact) mass is 385 g/mol. The summed E-state index contributed by atoms with van der Waals surface area (Å²) in [7, 11) is 1.64. The molecule has 0 radical (unpaired) electrons. The average molecular weight is 386 g/mol. The molecular weight excluding hydrogens is 369 g/mol. The lowest BCUT2D eigenvalue weighted by Gasteiger charge is -2.09. The second kappa shape index (κ2) is 8.75. The molecular formula is C21H17Cl2NO2. The first-order chi connectivity index (χ1) is 12.6. The third-order valence-corrected chi connectivity index (χ3v) is 4.25. The zero-order valence-corrected chi connectivity index (χ0v) is 15.7. The lowest BCUT2D eigenvalue weighted by molar-refractivity contribution is 0.306. The molecule has 5 heteroatoms. The van der Waals surface area contributed by atoms with Gasteiger partial charge in [0.15, 0.2) is 0 Å². The Morgan fingerprint density at radius 3 is 2.31 bits per heavy atom. The van der Waals surface area contributed by atoms with Crippen molar-refractivity contribution in [3.8, 4) is 11.5 Å². The van der Waals surface area contributed by atoms with Crippen molar-refractivity contribution >= 4 is 35.1 Å². The minimum Gasteiger partial charge on any atom is -0.497 e. The van der Waals surface area contributed by atoms with Crippen LogP contribution >= 0.6 is 23.2 Å². The molecule has 0 bridgehead atoms. The van der Waals surface area contributed by atoms with E-state index in [4.69, 9.17) is 32.7 Å². The van der Waals surface area contributed by atoms with Crippen molar-refractivity contribution in [2.75, 3.05) is 7.11 Å². The van der Waals surface area contributed by atoms with Crippen LogP contribution in [0, 0.1) is 0 Å². The van der Waals surface area contributed by atoms with Crippen molar-refractivity contribution in [3.05, 3.63) is 87.9 Å². The van der Waals surface area contributed by atoms with E-state index in [-0.39, 0.29) is 0 Å². The lowest BCUT2D eigenvalue weighted by atomic mass is 10.2. The van der Waals surface area contributed by atoms with Crippen LogP contribution in [0.4, 0.5) is 5.69 Å². The standard InChI is InChI=1S/C21H17Cl2NO2/c1-25-19-9-7-18(8-10-19)24-13-16-4-11-21(20(23)12-16)26-14-15-2-5-17(22)6-3-15/h2-13H,14H2,1H3. The highest BCUT2D eigenvalue weighted by Crippen LogP contribution is 2.26. The molecule has 26 heavy (non-hydrogen) atoms. The Morgan fingerprint density at radius 2 is 1.65 bits per heavy atom. The van der Waals surface area contributed by atoms with Gasteiger partial charge in [-0.2, -0.15) is 0 Å². The zero-order valence-electron chi connectivity index (χ0n) is 14.2. The van der Waals surface area contributed by atoms with Crippen LogP contribution in [-0.4, -0.2) is 13.3 Å². The normalized spacial score (nSPS) is 10.9. The lowest BCUT2D eigenvalue weighted by Crippen LogP contribution is -1.96. The Balaban J connectivity index is 1.64. The summed E-state index contributed by atoms with van der Waals surface area (Å²) in [5.41, 5.74) is 2.75. The Morgan fingerprint density at radius 1 is 0.923 bits per heavy atom. The second-order valence-corrected chi connectivity index (χ2v) is 6.40. The molecule has 0 aromatic heterocycles. The number of benzene rings is 3. The van der Waals surface area contributed by atoms with Crippen molar-refractivity contribution in [1.29, 1.82) is 0 Å². The molecule has 132 valence electrons. The van der Waals surface area contributed by atoms with Crippen LogP contribution in [0.2, 0.25) is 10.0 Å². The van der Waals surface area contributed by atoms with Gasteiger partial charge in [-0.1, -0.05) is 35.3 Å². The third kappa shape index (κ3) is 5.01. The molecule has 0 amide bonds. The van der Waals surface area contributed by atoms with Crippen molar-refractivity contribution in [3.63, 3.8) is 0 Å². The van der Waals surface area contributed by atoms with Crippen LogP contribution in [0.1, 0.15) is 11.1 Å². The molecule has 0 fully saturated rings. The molecule has 0 heterocycles. The van der Waals surface area contributed by atoms with Crippen LogP contribution in [0.5, 0.6) is 11.5 Å². The number of aliphatic imine (C=N–C) groups is 1. The minimum absolute atomic E-state index is 0.427. The molecule has 0 N–H and O–H groups in total. The fraction of sp³-hybridized carbons (Fsp3) is 0.0952. The second-order valence-electron chi connectivity index (χ2n) is 5.56.